The molecule has 1 saturated heterocycles. The van der Waals surface area contributed by atoms with Crippen LogP contribution in [0.15, 0.2) is 42.5 Å². The van der Waals surface area contributed by atoms with E-state index in [1.54, 1.807) is 11.0 Å². The lowest BCUT2D eigenvalue weighted by atomic mass is 10.0. The number of nitrogens with two attached hydrogens (primary N) is 1. The monoisotopic (exact) mass is 641 g/mol. The van der Waals surface area contributed by atoms with Crippen LogP contribution >= 0.6 is 0 Å². The van der Waals surface area contributed by atoms with Crippen LogP contribution in [-0.4, -0.2) is 142 Å². The quantitative estimate of drug-likeness (QED) is 0.0955. The van der Waals surface area contributed by atoms with E-state index in [1.807, 2.05) is 36.4 Å². The van der Waals surface area contributed by atoms with Crippen molar-refractivity contribution < 1.29 is 59.8 Å². The molecule has 1 heterocycles. The second kappa shape index (κ2) is 21.0. The summed E-state index contributed by atoms with van der Waals surface area (Å²) in [6, 6.07) is 12.0. The van der Waals surface area contributed by atoms with Gasteiger partial charge in [0.05, 0.1) is 38.3 Å². The maximum atomic E-state index is 13.0. The summed E-state index contributed by atoms with van der Waals surface area (Å²) in [5, 5.41) is 71.7. The van der Waals surface area contributed by atoms with Gasteiger partial charge in [0.25, 0.3) is 0 Å². The highest BCUT2D eigenvalue weighted by Gasteiger charge is 2.32. The molecule has 0 radical (unpaired) electrons. The molecule has 10 N–H and O–H groups in total. The molecular weight excluding hydrogens is 593 g/mol. The third-order valence-corrected chi connectivity index (χ3v) is 6.76. The Bertz CT molecular complexity index is 1120. The Morgan fingerprint density at radius 2 is 1.49 bits per heavy atom. The zero-order valence-corrected chi connectivity index (χ0v) is 25.9. The number of rotatable bonds is 12. The van der Waals surface area contributed by atoms with Gasteiger partial charge in [-0.05, 0) is 30.7 Å². The molecule has 0 bridgehead atoms. The van der Waals surface area contributed by atoms with Gasteiger partial charge in [0.2, 0.25) is 0 Å². The third-order valence-electron chi connectivity index (χ3n) is 6.76. The number of carboxylic acid groups (broad SMARTS) is 1. The van der Waals surface area contributed by atoms with Crippen molar-refractivity contribution in [3.05, 3.63) is 42.5 Å². The van der Waals surface area contributed by atoms with Crippen LogP contribution in [0.25, 0.3) is 10.8 Å². The fourth-order valence-electron chi connectivity index (χ4n) is 4.21. The molecule has 2 aromatic carbocycles. The molecule has 1 aliphatic heterocycles. The predicted molar refractivity (Wildman–Crippen MR) is 167 cm³/mol. The summed E-state index contributed by atoms with van der Waals surface area (Å²) < 4.78 is 9.97. The number of ether oxygens (including phenoxy) is 1. The summed E-state index contributed by atoms with van der Waals surface area (Å²) in [4.78, 5) is 27.6. The molecule has 1 aliphatic rings. The highest BCUT2D eigenvalue weighted by atomic mass is 16.5. The van der Waals surface area contributed by atoms with Crippen molar-refractivity contribution in [2.24, 2.45) is 11.7 Å². The first-order valence-corrected chi connectivity index (χ1v) is 14.6. The van der Waals surface area contributed by atoms with Crippen LogP contribution in [0.4, 0.5) is 10.5 Å². The van der Waals surface area contributed by atoms with E-state index < -0.39 is 49.6 Å². The van der Waals surface area contributed by atoms with Gasteiger partial charge < -0.3 is 60.8 Å². The first-order chi connectivity index (χ1) is 21.3. The lowest BCUT2D eigenvalue weighted by Crippen LogP contribution is -2.53. The minimum Gasteiger partial charge on any atom is -0.480 e. The summed E-state index contributed by atoms with van der Waals surface area (Å²) >= 11 is 0. The van der Waals surface area contributed by atoms with Crippen LogP contribution in [0.3, 0.4) is 0 Å². The maximum absolute atomic E-state index is 13.0. The van der Waals surface area contributed by atoms with Crippen molar-refractivity contribution in [2.75, 3.05) is 44.4 Å². The maximum Gasteiger partial charge on any atom is 0.436 e. The summed E-state index contributed by atoms with van der Waals surface area (Å²) in [7, 11) is -0.284. The number of hydrogen-bond donors (Lipinski definition) is 9. The molecule has 2 aromatic rings. The minimum absolute atomic E-state index is 0.284. The Kier molecular flexibility index (Phi) is 18.7. The van der Waals surface area contributed by atoms with Crippen molar-refractivity contribution in [1.29, 1.82) is 0 Å². The number of fused-ring (bicyclic) bond motifs is 1. The van der Waals surface area contributed by atoms with Gasteiger partial charge in [-0.2, -0.15) is 0 Å². The molecule has 0 saturated carbocycles. The van der Waals surface area contributed by atoms with Gasteiger partial charge in [-0.15, -0.1) is 0 Å². The average molecular weight is 642 g/mol. The van der Waals surface area contributed by atoms with Gasteiger partial charge in [0.1, 0.15) is 30.5 Å². The van der Waals surface area contributed by atoms with Crippen LogP contribution in [0.5, 0.6) is 0 Å². The van der Waals surface area contributed by atoms with Crippen LogP contribution in [0.1, 0.15) is 27.2 Å². The smallest absolute Gasteiger partial charge is 0.436 e. The number of morpholine rings is 1. The predicted octanol–water partition coefficient (Wildman–Crippen LogP) is -1.42. The standard InChI is InChI=1S/C18H20N2O4.C6H14O6.C5H14BNO2/c1-13(17(21)22)20(18(23)19-9-11-24-12-10-19)16-8-4-6-14-5-2-3-7-15(14)16;7-1-3(9)5(11)6(12)4(10)2-8;1-4(2)3-5(7)9-6-8/h2-8,13H,9-12H2,1H3,(H,21,22);3-12H,1-2H2;4-6,8H,3,7H2,1-2H3/t13-;3-,4-,5-,6-;5-/m011/s1. The number of aliphatic hydroxyl groups is 6. The van der Waals surface area contributed by atoms with Crippen molar-refractivity contribution in [3.63, 3.8) is 0 Å². The summed E-state index contributed by atoms with van der Waals surface area (Å²) in [6.45, 7) is 6.06. The molecule has 0 spiro atoms. The second-order valence-corrected chi connectivity index (χ2v) is 10.7. The zero-order valence-electron chi connectivity index (χ0n) is 25.9. The molecule has 3 rings (SSSR count). The van der Waals surface area contributed by atoms with Crippen molar-refractivity contribution >= 4 is 36.1 Å². The normalized spacial score (nSPS) is 17.0. The van der Waals surface area contributed by atoms with E-state index in [4.69, 9.17) is 46.1 Å². The number of anilines is 1. The molecule has 0 unspecified atom stereocenters. The summed E-state index contributed by atoms with van der Waals surface area (Å²) in [6.07, 6.45) is -5.91. The largest absolute Gasteiger partial charge is 0.480 e. The number of nitrogens with zero attached hydrogens (tertiary/aromatic N) is 2. The second-order valence-electron chi connectivity index (χ2n) is 10.7. The van der Waals surface area contributed by atoms with Crippen LogP contribution in [0.2, 0.25) is 0 Å². The van der Waals surface area contributed by atoms with Crippen molar-refractivity contribution in [3.8, 4) is 0 Å². The Morgan fingerprint density at radius 1 is 0.956 bits per heavy atom. The summed E-state index contributed by atoms with van der Waals surface area (Å²) in [5.74, 6) is -0.518. The Hall–Kier alpha value is -2.90. The Balaban J connectivity index is 0.000000404. The first-order valence-electron chi connectivity index (χ1n) is 14.6. The first kappa shape index (κ1) is 40.1. The molecule has 254 valence electrons. The van der Waals surface area contributed by atoms with Gasteiger partial charge in [0, 0.05) is 18.5 Å². The lowest BCUT2D eigenvalue weighted by molar-refractivity contribution is -0.138. The number of aliphatic carboxylic acids is 1. The molecule has 15 nitrogen and oxygen atoms in total. The van der Waals surface area contributed by atoms with E-state index >= 15 is 0 Å². The molecule has 16 heteroatoms. The lowest BCUT2D eigenvalue weighted by Gasteiger charge is -2.35. The van der Waals surface area contributed by atoms with E-state index in [0.717, 1.165) is 17.2 Å². The van der Waals surface area contributed by atoms with E-state index in [0.29, 0.717) is 37.9 Å². The van der Waals surface area contributed by atoms with Crippen molar-refractivity contribution in [2.45, 2.75) is 63.9 Å². The summed E-state index contributed by atoms with van der Waals surface area (Å²) in [5.41, 5.74) is 6.01. The molecule has 0 aliphatic carbocycles. The van der Waals surface area contributed by atoms with E-state index in [9.17, 15) is 14.7 Å². The van der Waals surface area contributed by atoms with E-state index in [2.05, 4.69) is 18.5 Å². The van der Waals surface area contributed by atoms with E-state index in [-0.39, 0.29) is 19.9 Å². The van der Waals surface area contributed by atoms with Crippen molar-refractivity contribution in [1.82, 2.24) is 4.90 Å². The fourth-order valence-corrected chi connectivity index (χ4v) is 4.21. The molecule has 1 fully saturated rings. The molecule has 2 amide bonds. The Morgan fingerprint density at radius 3 is 1.98 bits per heavy atom. The average Bonchev–Trinajstić information content (AvgIpc) is 3.04. The van der Waals surface area contributed by atoms with Crippen LogP contribution < -0.4 is 10.6 Å². The number of amides is 2. The SMILES string of the molecule is CC(C)C[C@H](N)OBO.C[C@@H](C(=O)O)N(C(=O)N1CCOCC1)c1cccc2ccccc12.OC[C@@H](O)[C@@H](O)[C@H](O)[C@H](O)CO. The van der Waals surface area contributed by atoms with Gasteiger partial charge >= 0.3 is 19.7 Å². The third kappa shape index (κ3) is 13.2. The van der Waals surface area contributed by atoms with Crippen LogP contribution in [-0.2, 0) is 14.2 Å². The number of aliphatic hydroxyl groups excluding tert-OH is 6. The number of benzene rings is 2. The Labute approximate surface area is 263 Å². The topological polar surface area (TPSA) is 247 Å². The molecule has 45 heavy (non-hydrogen) atoms. The molecular formula is C29H48BN3O12. The number of carbonyl (C=O) groups excluding carboxylic acids is 1. The number of carbonyl (C=O) groups is 2. The number of hydrogen-bond acceptors (Lipinski definition) is 12. The highest BCUT2D eigenvalue weighted by Crippen LogP contribution is 2.29. The molecule has 6 atom stereocenters. The van der Waals surface area contributed by atoms with Crippen LogP contribution in [0, 0.1) is 5.92 Å². The number of carboxylic acids is 1. The minimum atomic E-state index is -1.67. The molecule has 0 aromatic heterocycles. The zero-order chi connectivity index (χ0) is 34.1. The van der Waals surface area contributed by atoms with Gasteiger partial charge in [-0.1, -0.05) is 50.2 Å². The van der Waals surface area contributed by atoms with Gasteiger partial charge in [0.15, 0.2) is 0 Å². The van der Waals surface area contributed by atoms with Gasteiger partial charge in [-0.3, -0.25) is 4.90 Å². The number of urea groups is 1. The highest BCUT2D eigenvalue weighted by molar-refractivity contribution is 6.15. The fraction of sp³-hybridized carbons (Fsp3) is 0.586. The van der Waals surface area contributed by atoms with E-state index in [1.165, 1.54) is 11.8 Å². The van der Waals surface area contributed by atoms with Gasteiger partial charge in [-0.25, -0.2) is 9.59 Å².